The van der Waals surface area contributed by atoms with Gasteiger partial charge in [0.2, 0.25) is 0 Å². The highest BCUT2D eigenvalue weighted by Gasteiger charge is 2.27. The lowest BCUT2D eigenvalue weighted by Crippen LogP contribution is -2.44. The van der Waals surface area contributed by atoms with Crippen LogP contribution in [-0.2, 0) is 4.79 Å². The predicted octanol–water partition coefficient (Wildman–Crippen LogP) is 3.17. The van der Waals surface area contributed by atoms with Crippen molar-refractivity contribution in [2.75, 3.05) is 33.2 Å². The average molecular weight is 368 g/mol. The quantitative estimate of drug-likeness (QED) is 0.725. The van der Waals surface area contributed by atoms with Crippen molar-refractivity contribution >= 4 is 12.0 Å². The maximum absolute atomic E-state index is 12.6. The Morgan fingerprint density at radius 3 is 2.50 bits per heavy atom. The van der Waals surface area contributed by atoms with E-state index in [4.69, 9.17) is 5.11 Å². The van der Waals surface area contributed by atoms with Crippen LogP contribution < -0.4 is 5.32 Å². The molecule has 1 saturated carbocycles. The third-order valence-electron chi connectivity index (χ3n) is 6.23. The first-order valence-corrected chi connectivity index (χ1v) is 10.5. The van der Waals surface area contributed by atoms with E-state index in [0.717, 1.165) is 38.3 Å². The summed E-state index contributed by atoms with van der Waals surface area (Å²) in [5.74, 6) is 0.613. The Labute approximate surface area is 158 Å². The minimum absolute atomic E-state index is 0.0624. The zero-order valence-corrected chi connectivity index (χ0v) is 16.6. The topological polar surface area (TPSA) is 72.9 Å². The molecule has 0 spiro atoms. The third kappa shape index (κ3) is 6.45. The van der Waals surface area contributed by atoms with Crippen LogP contribution >= 0.6 is 0 Å². The molecule has 6 heteroatoms. The first-order chi connectivity index (χ1) is 12.5. The van der Waals surface area contributed by atoms with Gasteiger partial charge >= 0.3 is 12.0 Å². The highest BCUT2D eigenvalue weighted by molar-refractivity contribution is 5.74. The molecule has 0 aromatic rings. The molecule has 3 unspecified atom stereocenters. The molecular weight excluding hydrogens is 330 g/mol. The third-order valence-corrected chi connectivity index (χ3v) is 6.23. The monoisotopic (exact) mass is 367 g/mol. The number of carboxylic acid groups (broad SMARTS) is 1. The lowest BCUT2D eigenvalue weighted by molar-refractivity contribution is -0.138. The second-order valence-corrected chi connectivity index (χ2v) is 8.16. The number of carbonyl (C=O) groups excluding carboxylic acids is 1. The smallest absolute Gasteiger partial charge is 0.317 e. The number of aliphatic carboxylic acids is 1. The molecule has 2 fully saturated rings. The molecule has 0 aromatic carbocycles. The lowest BCUT2D eigenvalue weighted by Gasteiger charge is -2.32. The highest BCUT2D eigenvalue weighted by atomic mass is 16.4. The van der Waals surface area contributed by atoms with Gasteiger partial charge in [-0.3, -0.25) is 9.69 Å². The van der Waals surface area contributed by atoms with Crippen molar-refractivity contribution in [2.45, 2.75) is 70.8 Å². The van der Waals surface area contributed by atoms with Crippen molar-refractivity contribution in [2.24, 2.45) is 11.8 Å². The molecule has 2 rings (SSSR count). The molecule has 0 radical (unpaired) electrons. The van der Waals surface area contributed by atoms with Crippen LogP contribution in [0.4, 0.5) is 4.79 Å². The summed E-state index contributed by atoms with van der Waals surface area (Å²) in [4.78, 5) is 27.3. The number of likely N-dealkylation sites (tertiary alicyclic amines) is 1. The summed E-state index contributed by atoms with van der Waals surface area (Å²) in [6.45, 7) is 4.61. The number of carboxylic acids is 1. The van der Waals surface area contributed by atoms with Gasteiger partial charge in [-0.2, -0.15) is 0 Å². The van der Waals surface area contributed by atoms with Gasteiger partial charge in [0.15, 0.2) is 0 Å². The Hall–Kier alpha value is -1.30. The largest absolute Gasteiger partial charge is 0.480 e. The molecule has 1 heterocycles. The SMILES string of the molecule is CCCC1CCCCC1CNC(=O)N1CCCC(N(C)CC(=O)O)CC1. The van der Waals surface area contributed by atoms with Crippen LogP contribution in [0, 0.1) is 11.8 Å². The number of nitrogens with one attached hydrogen (secondary N) is 1. The van der Waals surface area contributed by atoms with E-state index in [-0.39, 0.29) is 18.6 Å². The second-order valence-electron chi connectivity index (χ2n) is 8.16. The minimum Gasteiger partial charge on any atom is -0.480 e. The maximum Gasteiger partial charge on any atom is 0.317 e. The second kappa shape index (κ2) is 10.8. The van der Waals surface area contributed by atoms with Gasteiger partial charge < -0.3 is 15.3 Å². The summed E-state index contributed by atoms with van der Waals surface area (Å²) in [7, 11) is 1.87. The number of carbonyl (C=O) groups is 2. The summed E-state index contributed by atoms with van der Waals surface area (Å²) in [6.07, 6.45) is 10.4. The Balaban J connectivity index is 1.77. The van der Waals surface area contributed by atoms with Crippen LogP contribution in [-0.4, -0.2) is 66.2 Å². The fraction of sp³-hybridized carbons (Fsp3) is 0.900. The molecule has 1 aliphatic heterocycles. The average Bonchev–Trinajstić information content (AvgIpc) is 2.87. The van der Waals surface area contributed by atoms with Crippen LogP contribution in [0.3, 0.4) is 0 Å². The van der Waals surface area contributed by atoms with Crippen molar-refractivity contribution in [1.29, 1.82) is 0 Å². The molecule has 1 saturated heterocycles. The fourth-order valence-corrected chi connectivity index (χ4v) is 4.70. The van der Waals surface area contributed by atoms with Crippen molar-refractivity contribution in [3.05, 3.63) is 0 Å². The van der Waals surface area contributed by atoms with E-state index in [0.29, 0.717) is 12.5 Å². The van der Waals surface area contributed by atoms with Crippen LogP contribution in [0.2, 0.25) is 0 Å². The molecule has 2 amide bonds. The van der Waals surface area contributed by atoms with Gasteiger partial charge in [0.25, 0.3) is 0 Å². The van der Waals surface area contributed by atoms with E-state index in [9.17, 15) is 9.59 Å². The fourth-order valence-electron chi connectivity index (χ4n) is 4.70. The van der Waals surface area contributed by atoms with Crippen molar-refractivity contribution in [3.8, 4) is 0 Å². The number of likely N-dealkylation sites (N-methyl/N-ethyl adjacent to an activating group) is 1. The van der Waals surface area contributed by atoms with Gasteiger partial charge in [-0.15, -0.1) is 0 Å². The summed E-state index contributed by atoms with van der Waals surface area (Å²) in [5, 5.41) is 12.2. The van der Waals surface area contributed by atoms with E-state index in [1.165, 1.54) is 38.5 Å². The van der Waals surface area contributed by atoms with Crippen LogP contribution in [0.5, 0.6) is 0 Å². The molecule has 26 heavy (non-hydrogen) atoms. The van der Waals surface area contributed by atoms with E-state index < -0.39 is 5.97 Å². The summed E-state index contributed by atoms with van der Waals surface area (Å²) < 4.78 is 0. The Morgan fingerprint density at radius 1 is 1.08 bits per heavy atom. The Bertz CT molecular complexity index is 456. The first-order valence-electron chi connectivity index (χ1n) is 10.5. The van der Waals surface area contributed by atoms with E-state index in [1.54, 1.807) is 0 Å². The molecule has 0 bridgehead atoms. The summed E-state index contributed by atoms with van der Waals surface area (Å²) >= 11 is 0. The maximum atomic E-state index is 12.6. The van der Waals surface area contributed by atoms with Crippen LogP contribution in [0.15, 0.2) is 0 Å². The number of amides is 2. The highest BCUT2D eigenvalue weighted by Crippen LogP contribution is 2.32. The van der Waals surface area contributed by atoms with Crippen molar-refractivity contribution < 1.29 is 14.7 Å². The molecule has 150 valence electrons. The predicted molar refractivity (Wildman–Crippen MR) is 103 cm³/mol. The van der Waals surface area contributed by atoms with Gasteiger partial charge in [-0.1, -0.05) is 39.0 Å². The normalized spacial score (nSPS) is 27.2. The number of hydrogen-bond acceptors (Lipinski definition) is 3. The molecule has 6 nitrogen and oxygen atoms in total. The molecule has 0 aromatic heterocycles. The van der Waals surface area contributed by atoms with Crippen molar-refractivity contribution in [1.82, 2.24) is 15.1 Å². The van der Waals surface area contributed by atoms with Crippen molar-refractivity contribution in [3.63, 3.8) is 0 Å². The molecule has 3 atom stereocenters. The zero-order chi connectivity index (χ0) is 18.9. The Kier molecular flexibility index (Phi) is 8.69. The van der Waals surface area contributed by atoms with Gasteiger partial charge in [-0.25, -0.2) is 4.79 Å². The number of urea groups is 1. The van der Waals surface area contributed by atoms with Crippen LogP contribution in [0.1, 0.15) is 64.7 Å². The van der Waals surface area contributed by atoms with E-state index in [2.05, 4.69) is 12.2 Å². The van der Waals surface area contributed by atoms with Crippen LogP contribution in [0.25, 0.3) is 0 Å². The Morgan fingerprint density at radius 2 is 1.81 bits per heavy atom. The van der Waals surface area contributed by atoms with Gasteiger partial charge in [0, 0.05) is 25.7 Å². The lowest BCUT2D eigenvalue weighted by atomic mass is 9.77. The first kappa shape index (κ1) is 21.0. The molecule has 1 aliphatic carbocycles. The zero-order valence-electron chi connectivity index (χ0n) is 16.6. The van der Waals surface area contributed by atoms with E-state index in [1.807, 2.05) is 16.8 Å². The van der Waals surface area contributed by atoms with Gasteiger partial charge in [-0.05, 0) is 44.6 Å². The number of hydrogen-bond donors (Lipinski definition) is 2. The van der Waals surface area contributed by atoms with Gasteiger partial charge in [0.05, 0.1) is 6.54 Å². The molecular formula is C20H37N3O3. The van der Waals surface area contributed by atoms with E-state index >= 15 is 0 Å². The van der Waals surface area contributed by atoms with Gasteiger partial charge in [0.1, 0.15) is 0 Å². The summed E-state index contributed by atoms with van der Waals surface area (Å²) in [5.41, 5.74) is 0. The molecule has 2 aliphatic rings. The number of nitrogens with zero attached hydrogens (tertiary/aromatic N) is 2. The molecule has 2 N–H and O–H groups in total. The minimum atomic E-state index is -0.791. The standard InChI is InChI=1S/C20H37N3O3/c1-3-7-16-8-4-5-9-17(16)14-21-20(26)23-12-6-10-18(11-13-23)22(2)15-19(24)25/h16-18H,3-15H2,1-2H3,(H,21,26)(H,24,25). The number of rotatable bonds is 7. The summed E-state index contributed by atoms with van der Waals surface area (Å²) in [6, 6.07) is 0.309.